The van der Waals surface area contributed by atoms with Gasteiger partial charge in [0.2, 0.25) is 0 Å². The summed E-state index contributed by atoms with van der Waals surface area (Å²) in [6, 6.07) is 0. The van der Waals surface area contributed by atoms with Crippen LogP contribution in [0.4, 0.5) is 5.82 Å². The van der Waals surface area contributed by atoms with E-state index in [1.54, 1.807) is 18.1 Å². The zero-order valence-corrected chi connectivity index (χ0v) is 14.0. The van der Waals surface area contributed by atoms with Crippen molar-refractivity contribution >= 4 is 28.6 Å². The molecule has 0 aliphatic carbocycles. The smallest absolute Gasteiger partial charge is 0.161 e. The van der Waals surface area contributed by atoms with Crippen LogP contribution in [-0.2, 0) is 13.1 Å². The highest BCUT2D eigenvalue weighted by Gasteiger charge is 2.14. The van der Waals surface area contributed by atoms with Crippen molar-refractivity contribution in [2.75, 3.05) is 11.6 Å². The minimum atomic E-state index is 0.683. The lowest BCUT2D eigenvalue weighted by Crippen LogP contribution is -2.05. The molecule has 116 valence electrons. The lowest BCUT2D eigenvalue weighted by Gasteiger charge is -2.07. The number of nitrogens with one attached hydrogen (secondary N) is 2. The minimum Gasteiger partial charge on any atom is -0.365 e. The Morgan fingerprint density at radius 2 is 2.14 bits per heavy atom. The number of H-pyrrole nitrogens is 1. The van der Waals surface area contributed by atoms with Gasteiger partial charge in [-0.25, -0.2) is 9.97 Å². The van der Waals surface area contributed by atoms with Crippen molar-refractivity contribution in [1.82, 2.24) is 29.9 Å². The van der Waals surface area contributed by atoms with Gasteiger partial charge in [-0.15, -0.1) is 11.8 Å². The van der Waals surface area contributed by atoms with E-state index >= 15 is 0 Å². The van der Waals surface area contributed by atoms with Gasteiger partial charge >= 0.3 is 0 Å². The Balaban J connectivity index is 1.91. The number of hydrogen-bond donors (Lipinski definition) is 2. The van der Waals surface area contributed by atoms with Gasteiger partial charge in [0, 0.05) is 24.3 Å². The van der Waals surface area contributed by atoms with Crippen LogP contribution >= 0.6 is 11.8 Å². The monoisotopic (exact) mass is 317 g/mol. The largest absolute Gasteiger partial charge is 0.365 e. The van der Waals surface area contributed by atoms with Crippen LogP contribution in [0.15, 0.2) is 11.4 Å². The fourth-order valence-electron chi connectivity index (χ4n) is 2.58. The van der Waals surface area contributed by atoms with Crippen molar-refractivity contribution in [2.24, 2.45) is 0 Å². The fourth-order valence-corrected chi connectivity index (χ4v) is 3.12. The van der Waals surface area contributed by atoms with Crippen molar-refractivity contribution < 1.29 is 0 Å². The summed E-state index contributed by atoms with van der Waals surface area (Å²) in [6.45, 7) is 7.80. The lowest BCUT2D eigenvalue weighted by molar-refractivity contribution is 0.633. The number of aromatic amines is 1. The molecule has 0 aromatic carbocycles. The van der Waals surface area contributed by atoms with Crippen molar-refractivity contribution in [1.29, 1.82) is 0 Å². The third-order valence-corrected chi connectivity index (χ3v) is 4.46. The Bertz CT molecular complexity index is 805. The van der Waals surface area contributed by atoms with Crippen LogP contribution in [0.3, 0.4) is 0 Å². The molecule has 0 fully saturated rings. The third-order valence-electron chi connectivity index (χ3n) is 3.78. The second kappa shape index (κ2) is 5.96. The van der Waals surface area contributed by atoms with Gasteiger partial charge in [-0.2, -0.15) is 10.2 Å². The van der Waals surface area contributed by atoms with Crippen LogP contribution in [0, 0.1) is 13.8 Å². The number of hydrogen-bond acceptors (Lipinski definition) is 6. The first-order chi connectivity index (χ1) is 10.7. The van der Waals surface area contributed by atoms with Crippen molar-refractivity contribution in [3.63, 3.8) is 0 Å². The number of rotatable bonds is 5. The molecule has 22 heavy (non-hydrogen) atoms. The zero-order chi connectivity index (χ0) is 15.7. The van der Waals surface area contributed by atoms with E-state index < -0.39 is 0 Å². The Labute approximate surface area is 132 Å². The van der Waals surface area contributed by atoms with Gasteiger partial charge < -0.3 is 5.32 Å². The Morgan fingerprint density at radius 3 is 2.82 bits per heavy atom. The molecule has 0 aliphatic heterocycles. The predicted molar refractivity (Wildman–Crippen MR) is 88.2 cm³/mol. The van der Waals surface area contributed by atoms with Gasteiger partial charge in [-0.3, -0.25) is 9.78 Å². The number of fused-ring (bicyclic) bond motifs is 1. The average molecular weight is 317 g/mol. The van der Waals surface area contributed by atoms with E-state index in [9.17, 15) is 0 Å². The lowest BCUT2D eigenvalue weighted by atomic mass is 10.2. The molecule has 0 unspecified atom stereocenters. The molecule has 8 heteroatoms. The molecule has 0 saturated heterocycles. The first-order valence-electron chi connectivity index (χ1n) is 7.15. The molecule has 0 radical (unpaired) electrons. The quantitative estimate of drug-likeness (QED) is 0.703. The summed E-state index contributed by atoms with van der Waals surface area (Å²) in [4.78, 5) is 8.59. The Hall–Kier alpha value is -2.09. The first-order valence-corrected chi connectivity index (χ1v) is 8.38. The minimum absolute atomic E-state index is 0.683. The van der Waals surface area contributed by atoms with Crippen LogP contribution in [0.2, 0.25) is 0 Å². The highest BCUT2D eigenvalue weighted by Crippen LogP contribution is 2.28. The number of aromatic nitrogens is 6. The second-order valence-electron chi connectivity index (χ2n) is 5.00. The maximum atomic E-state index is 4.55. The SMILES string of the molecule is CCn1nc(C)c(CNc2ncnc3[nH]nc(SC)c23)c1C. The zero-order valence-electron chi connectivity index (χ0n) is 13.1. The van der Waals surface area contributed by atoms with Crippen LogP contribution in [0.25, 0.3) is 11.0 Å². The topological polar surface area (TPSA) is 84.3 Å². The summed E-state index contributed by atoms with van der Waals surface area (Å²) in [5, 5.41) is 17.0. The van der Waals surface area contributed by atoms with Crippen LogP contribution in [0.1, 0.15) is 23.9 Å². The maximum Gasteiger partial charge on any atom is 0.161 e. The highest BCUT2D eigenvalue weighted by atomic mass is 32.2. The Kier molecular flexibility index (Phi) is 4.02. The van der Waals surface area contributed by atoms with Crippen LogP contribution in [-0.4, -0.2) is 36.2 Å². The van der Waals surface area contributed by atoms with E-state index in [0.717, 1.165) is 34.1 Å². The van der Waals surface area contributed by atoms with Gasteiger partial charge in [-0.1, -0.05) is 0 Å². The van der Waals surface area contributed by atoms with E-state index in [2.05, 4.69) is 44.4 Å². The van der Waals surface area contributed by atoms with Gasteiger partial charge in [0.25, 0.3) is 0 Å². The number of thioether (sulfide) groups is 1. The van der Waals surface area contributed by atoms with E-state index in [0.29, 0.717) is 6.54 Å². The van der Waals surface area contributed by atoms with Crippen molar-refractivity contribution in [3.05, 3.63) is 23.3 Å². The standard InChI is InChI=1S/C14H19N7S/c1-5-21-9(3)10(8(2)20-21)6-15-12-11-13(17-7-16-12)18-19-14(11)22-4/h7H,5-6H2,1-4H3,(H2,15,16,17,18,19). The second-order valence-corrected chi connectivity index (χ2v) is 5.79. The molecule has 0 saturated carbocycles. The molecule has 3 heterocycles. The Morgan fingerprint density at radius 1 is 1.32 bits per heavy atom. The predicted octanol–water partition coefficient (Wildman–Crippen LogP) is 2.52. The van der Waals surface area contributed by atoms with Crippen LogP contribution < -0.4 is 5.32 Å². The molecule has 0 aliphatic rings. The molecule has 3 aromatic heterocycles. The van der Waals surface area contributed by atoms with E-state index in [4.69, 9.17) is 0 Å². The molecule has 7 nitrogen and oxygen atoms in total. The van der Waals surface area contributed by atoms with Gasteiger partial charge in [0.05, 0.1) is 11.1 Å². The number of aryl methyl sites for hydroxylation is 2. The van der Waals surface area contributed by atoms with E-state index in [1.165, 1.54) is 11.3 Å². The third kappa shape index (κ3) is 2.43. The number of nitrogens with zero attached hydrogens (tertiary/aromatic N) is 5. The molecule has 2 N–H and O–H groups in total. The van der Waals surface area contributed by atoms with Gasteiger partial charge in [0.15, 0.2) is 5.65 Å². The summed E-state index contributed by atoms with van der Waals surface area (Å²) in [7, 11) is 0. The van der Waals surface area contributed by atoms with Crippen molar-refractivity contribution in [2.45, 2.75) is 38.9 Å². The summed E-state index contributed by atoms with van der Waals surface area (Å²) in [6.07, 6.45) is 3.54. The van der Waals surface area contributed by atoms with Crippen LogP contribution in [0.5, 0.6) is 0 Å². The fraction of sp³-hybridized carbons (Fsp3) is 0.429. The normalized spacial score (nSPS) is 11.3. The van der Waals surface area contributed by atoms with Gasteiger partial charge in [-0.05, 0) is 27.0 Å². The first kappa shape index (κ1) is 14.8. The van der Waals surface area contributed by atoms with E-state index in [-0.39, 0.29) is 0 Å². The molecule has 0 atom stereocenters. The maximum absolute atomic E-state index is 4.55. The number of anilines is 1. The van der Waals surface area contributed by atoms with Gasteiger partial charge in [0.1, 0.15) is 17.2 Å². The molecular formula is C14H19N7S. The molecular weight excluding hydrogens is 298 g/mol. The molecule has 0 amide bonds. The summed E-state index contributed by atoms with van der Waals surface area (Å²) in [5.41, 5.74) is 4.20. The summed E-state index contributed by atoms with van der Waals surface area (Å²) < 4.78 is 2.02. The molecule has 3 rings (SSSR count). The molecule has 0 bridgehead atoms. The van der Waals surface area contributed by atoms with Crippen molar-refractivity contribution in [3.8, 4) is 0 Å². The summed E-state index contributed by atoms with van der Waals surface area (Å²) >= 11 is 1.58. The van der Waals surface area contributed by atoms with E-state index in [1.807, 2.05) is 17.9 Å². The highest BCUT2D eigenvalue weighted by molar-refractivity contribution is 7.98. The summed E-state index contributed by atoms with van der Waals surface area (Å²) in [5.74, 6) is 0.797. The molecule has 3 aromatic rings. The average Bonchev–Trinajstić information content (AvgIpc) is 3.07. The molecule has 0 spiro atoms.